The van der Waals surface area contributed by atoms with Gasteiger partial charge in [-0.2, -0.15) is 0 Å². The molecular formula is C13H7Cl3F2. The number of alkyl halides is 1. The van der Waals surface area contributed by atoms with Gasteiger partial charge in [-0.3, -0.25) is 0 Å². The van der Waals surface area contributed by atoms with E-state index in [4.69, 9.17) is 34.8 Å². The van der Waals surface area contributed by atoms with E-state index < -0.39 is 17.0 Å². The van der Waals surface area contributed by atoms with Crippen molar-refractivity contribution < 1.29 is 8.78 Å². The van der Waals surface area contributed by atoms with Crippen molar-refractivity contribution >= 4 is 34.8 Å². The van der Waals surface area contributed by atoms with Crippen LogP contribution in [0.4, 0.5) is 8.78 Å². The summed E-state index contributed by atoms with van der Waals surface area (Å²) in [5, 5.41) is 0.0285. The molecule has 0 aliphatic rings. The van der Waals surface area contributed by atoms with E-state index in [9.17, 15) is 8.78 Å². The molecule has 0 fully saturated rings. The van der Waals surface area contributed by atoms with Crippen LogP contribution in [0.1, 0.15) is 16.5 Å². The van der Waals surface area contributed by atoms with Crippen LogP contribution in [0.3, 0.4) is 0 Å². The molecule has 1 unspecified atom stereocenters. The molecule has 0 aliphatic heterocycles. The SMILES string of the molecule is Fc1ccc(C(Cl)c2c(Cl)cccc2Cl)cc1F. The van der Waals surface area contributed by atoms with Gasteiger partial charge in [0.05, 0.1) is 5.38 Å². The zero-order chi connectivity index (χ0) is 13.3. The molecule has 0 N–H and O–H groups in total. The maximum Gasteiger partial charge on any atom is 0.159 e. The lowest BCUT2D eigenvalue weighted by atomic mass is 10.0. The minimum Gasteiger partial charge on any atom is -0.204 e. The molecule has 18 heavy (non-hydrogen) atoms. The maximum atomic E-state index is 13.2. The lowest BCUT2D eigenvalue weighted by Crippen LogP contribution is -1.97. The Morgan fingerprint density at radius 2 is 1.50 bits per heavy atom. The minimum absolute atomic E-state index is 0.382. The van der Waals surface area contributed by atoms with Gasteiger partial charge in [-0.05, 0) is 29.8 Å². The van der Waals surface area contributed by atoms with E-state index in [2.05, 4.69) is 0 Å². The van der Waals surface area contributed by atoms with E-state index in [1.165, 1.54) is 6.07 Å². The molecule has 1 atom stereocenters. The van der Waals surface area contributed by atoms with Crippen LogP contribution in [0.2, 0.25) is 10.0 Å². The van der Waals surface area contributed by atoms with E-state index >= 15 is 0 Å². The van der Waals surface area contributed by atoms with Crippen LogP contribution in [-0.4, -0.2) is 0 Å². The molecule has 94 valence electrons. The Bertz CT molecular complexity index is 564. The molecule has 2 rings (SSSR count). The van der Waals surface area contributed by atoms with Crippen molar-refractivity contribution in [2.45, 2.75) is 5.38 Å². The van der Waals surface area contributed by atoms with Crippen molar-refractivity contribution in [2.75, 3.05) is 0 Å². The van der Waals surface area contributed by atoms with Crippen LogP contribution in [0.5, 0.6) is 0 Å². The molecule has 0 heterocycles. The lowest BCUT2D eigenvalue weighted by Gasteiger charge is -2.14. The highest BCUT2D eigenvalue weighted by atomic mass is 35.5. The molecule has 0 bridgehead atoms. The summed E-state index contributed by atoms with van der Waals surface area (Å²) in [6.07, 6.45) is 0. The molecular weight excluding hydrogens is 300 g/mol. The second-order valence-corrected chi connectivity index (χ2v) is 4.92. The Kier molecular flexibility index (Phi) is 4.10. The standard InChI is InChI=1S/C13H7Cl3F2/c14-8-2-1-3-9(15)12(8)13(16)7-4-5-10(17)11(18)6-7/h1-6,13H. The molecule has 2 aromatic carbocycles. The molecule has 0 radical (unpaired) electrons. The summed E-state index contributed by atoms with van der Waals surface area (Å²) in [6.45, 7) is 0. The summed E-state index contributed by atoms with van der Waals surface area (Å²) in [5.41, 5.74) is 0.874. The van der Waals surface area contributed by atoms with Gasteiger partial charge in [-0.25, -0.2) is 8.78 Å². The Morgan fingerprint density at radius 1 is 0.889 bits per heavy atom. The van der Waals surface area contributed by atoms with Gasteiger partial charge in [-0.15, -0.1) is 11.6 Å². The van der Waals surface area contributed by atoms with Crippen LogP contribution >= 0.6 is 34.8 Å². The topological polar surface area (TPSA) is 0 Å². The first-order valence-corrected chi connectivity index (χ1v) is 6.23. The normalized spacial score (nSPS) is 12.5. The fraction of sp³-hybridized carbons (Fsp3) is 0.0769. The predicted octanol–water partition coefficient (Wildman–Crippen LogP) is 5.60. The smallest absolute Gasteiger partial charge is 0.159 e. The lowest BCUT2D eigenvalue weighted by molar-refractivity contribution is 0.507. The van der Waals surface area contributed by atoms with Crippen molar-refractivity contribution in [1.82, 2.24) is 0 Å². The van der Waals surface area contributed by atoms with Crippen molar-refractivity contribution in [2.24, 2.45) is 0 Å². The largest absolute Gasteiger partial charge is 0.204 e. The van der Waals surface area contributed by atoms with E-state index in [0.717, 1.165) is 12.1 Å². The number of halogens is 5. The first kappa shape index (κ1) is 13.6. The van der Waals surface area contributed by atoms with Crippen LogP contribution in [0, 0.1) is 11.6 Å². The quantitative estimate of drug-likeness (QED) is 0.633. The molecule has 2 aromatic rings. The highest BCUT2D eigenvalue weighted by Crippen LogP contribution is 2.38. The summed E-state index contributed by atoms with van der Waals surface area (Å²) in [4.78, 5) is 0. The Balaban J connectivity index is 2.48. The fourth-order valence-electron chi connectivity index (χ4n) is 1.59. The molecule has 0 aliphatic carbocycles. The van der Waals surface area contributed by atoms with Gasteiger partial charge in [0.15, 0.2) is 11.6 Å². The third-order valence-corrected chi connectivity index (χ3v) is 3.62. The first-order valence-electron chi connectivity index (χ1n) is 5.03. The predicted molar refractivity (Wildman–Crippen MR) is 70.5 cm³/mol. The average molecular weight is 308 g/mol. The summed E-state index contributed by atoms with van der Waals surface area (Å²) >= 11 is 18.2. The highest BCUT2D eigenvalue weighted by molar-refractivity contribution is 6.38. The summed E-state index contributed by atoms with van der Waals surface area (Å²) < 4.78 is 26.0. The maximum absolute atomic E-state index is 13.2. The first-order chi connectivity index (χ1) is 8.50. The third-order valence-electron chi connectivity index (χ3n) is 2.49. The number of hydrogen-bond donors (Lipinski definition) is 0. The Morgan fingerprint density at radius 3 is 2.06 bits per heavy atom. The van der Waals surface area contributed by atoms with Crippen molar-refractivity contribution in [3.05, 3.63) is 69.2 Å². The fourth-order valence-corrected chi connectivity index (χ4v) is 2.69. The van der Waals surface area contributed by atoms with E-state index in [1.54, 1.807) is 18.2 Å². The van der Waals surface area contributed by atoms with Gasteiger partial charge in [0.1, 0.15) is 0 Å². The van der Waals surface area contributed by atoms with Crippen LogP contribution in [-0.2, 0) is 0 Å². The molecule has 0 aromatic heterocycles. The summed E-state index contributed by atoms with van der Waals surface area (Å²) in [5.74, 6) is -1.88. The zero-order valence-electron chi connectivity index (χ0n) is 8.93. The highest BCUT2D eigenvalue weighted by Gasteiger charge is 2.18. The molecule has 0 saturated heterocycles. The molecule has 0 saturated carbocycles. The Labute approximate surface area is 118 Å². The average Bonchev–Trinajstić information content (AvgIpc) is 2.32. The van der Waals surface area contributed by atoms with E-state index in [1.807, 2.05) is 0 Å². The van der Waals surface area contributed by atoms with Crippen molar-refractivity contribution in [1.29, 1.82) is 0 Å². The van der Waals surface area contributed by atoms with Crippen molar-refractivity contribution in [3.63, 3.8) is 0 Å². The van der Waals surface area contributed by atoms with Gasteiger partial charge in [-0.1, -0.05) is 35.3 Å². The molecule has 0 amide bonds. The van der Waals surface area contributed by atoms with E-state index in [0.29, 0.717) is 21.2 Å². The summed E-state index contributed by atoms with van der Waals surface area (Å²) in [6, 6.07) is 8.41. The van der Waals surface area contributed by atoms with E-state index in [-0.39, 0.29) is 0 Å². The van der Waals surface area contributed by atoms with Gasteiger partial charge < -0.3 is 0 Å². The molecule has 0 spiro atoms. The van der Waals surface area contributed by atoms with Crippen LogP contribution in [0.25, 0.3) is 0 Å². The molecule has 5 heteroatoms. The minimum atomic E-state index is -0.957. The summed E-state index contributed by atoms with van der Waals surface area (Å²) in [7, 11) is 0. The Hall–Kier alpha value is -0.830. The second kappa shape index (κ2) is 5.43. The number of benzene rings is 2. The van der Waals surface area contributed by atoms with Gasteiger partial charge in [0.25, 0.3) is 0 Å². The van der Waals surface area contributed by atoms with Gasteiger partial charge >= 0.3 is 0 Å². The monoisotopic (exact) mass is 306 g/mol. The zero-order valence-corrected chi connectivity index (χ0v) is 11.2. The van der Waals surface area contributed by atoms with Gasteiger partial charge in [0, 0.05) is 15.6 Å². The van der Waals surface area contributed by atoms with Gasteiger partial charge in [0.2, 0.25) is 0 Å². The van der Waals surface area contributed by atoms with Crippen molar-refractivity contribution in [3.8, 4) is 0 Å². The third kappa shape index (κ3) is 2.61. The molecule has 0 nitrogen and oxygen atoms in total. The second-order valence-electron chi connectivity index (χ2n) is 3.67. The van der Waals surface area contributed by atoms with Crippen LogP contribution < -0.4 is 0 Å². The number of hydrogen-bond acceptors (Lipinski definition) is 0. The van der Waals surface area contributed by atoms with Crippen LogP contribution in [0.15, 0.2) is 36.4 Å². The number of rotatable bonds is 2.